The van der Waals surface area contributed by atoms with Crippen LogP contribution in [0.5, 0.6) is 0 Å². The van der Waals surface area contributed by atoms with E-state index in [4.69, 9.17) is 0 Å². The molecule has 2 aromatic carbocycles. The number of thiazole rings is 1. The summed E-state index contributed by atoms with van der Waals surface area (Å²) in [6.07, 6.45) is 0. The fourth-order valence-corrected chi connectivity index (χ4v) is 3.80. The molecule has 7 nitrogen and oxygen atoms in total. The molecule has 0 aliphatic rings. The van der Waals surface area contributed by atoms with Crippen molar-refractivity contribution in [2.45, 2.75) is 5.16 Å². The molecule has 0 saturated carbocycles. The van der Waals surface area contributed by atoms with Crippen molar-refractivity contribution < 1.29 is 9.18 Å². The number of nitrogens with zero attached hydrogens (tertiary/aromatic N) is 5. The molecule has 0 atom stereocenters. The Bertz CT molecular complexity index is 1080. The molecule has 2 heterocycles. The normalized spacial score (nSPS) is 10.8. The standard InChI is InChI=1S/C18H13FN6OS2/c19-13-8-6-12(7-9-13)15-10-27-17(20-15)21-16(26)11-28-18-22-23-24-25(18)14-4-2-1-3-5-14/h1-10H,11H2,(H,20,21,26). The highest BCUT2D eigenvalue weighted by Crippen LogP contribution is 2.25. The number of amides is 1. The summed E-state index contributed by atoms with van der Waals surface area (Å²) >= 11 is 2.54. The average molecular weight is 412 g/mol. The third kappa shape index (κ3) is 4.24. The van der Waals surface area contributed by atoms with Gasteiger partial charge in [-0.3, -0.25) is 4.79 Å². The summed E-state index contributed by atoms with van der Waals surface area (Å²) in [6.45, 7) is 0. The minimum absolute atomic E-state index is 0.138. The lowest BCUT2D eigenvalue weighted by molar-refractivity contribution is -0.113. The van der Waals surface area contributed by atoms with Crippen LogP contribution in [0, 0.1) is 5.82 Å². The van der Waals surface area contributed by atoms with Gasteiger partial charge in [0.15, 0.2) is 5.13 Å². The third-order valence-corrected chi connectivity index (χ3v) is 5.34. The van der Waals surface area contributed by atoms with E-state index in [1.165, 1.54) is 35.2 Å². The first-order valence-corrected chi connectivity index (χ1v) is 10.0. The van der Waals surface area contributed by atoms with Crippen molar-refractivity contribution in [2.75, 3.05) is 11.1 Å². The largest absolute Gasteiger partial charge is 0.301 e. The van der Waals surface area contributed by atoms with Gasteiger partial charge >= 0.3 is 0 Å². The van der Waals surface area contributed by atoms with E-state index in [0.717, 1.165) is 11.3 Å². The molecule has 0 saturated heterocycles. The van der Waals surface area contributed by atoms with E-state index >= 15 is 0 Å². The van der Waals surface area contributed by atoms with Crippen LogP contribution in [0.3, 0.4) is 0 Å². The molecular weight excluding hydrogens is 399 g/mol. The maximum absolute atomic E-state index is 13.0. The van der Waals surface area contributed by atoms with Crippen LogP contribution in [0.1, 0.15) is 0 Å². The van der Waals surface area contributed by atoms with Gasteiger partial charge in [0.25, 0.3) is 0 Å². The number of hydrogen-bond donors (Lipinski definition) is 1. The Morgan fingerprint density at radius 1 is 1.14 bits per heavy atom. The molecule has 0 bridgehead atoms. The molecular formula is C18H13FN6OS2. The molecule has 4 rings (SSSR count). The molecule has 4 aromatic rings. The molecule has 0 fully saturated rings. The summed E-state index contributed by atoms with van der Waals surface area (Å²) < 4.78 is 14.6. The van der Waals surface area contributed by atoms with Gasteiger partial charge in [0.05, 0.1) is 17.1 Å². The van der Waals surface area contributed by atoms with Gasteiger partial charge in [-0.2, -0.15) is 4.68 Å². The molecule has 0 unspecified atom stereocenters. The topological polar surface area (TPSA) is 85.6 Å². The van der Waals surface area contributed by atoms with Crippen LogP contribution in [-0.2, 0) is 4.79 Å². The number of thioether (sulfide) groups is 1. The van der Waals surface area contributed by atoms with Crippen LogP contribution < -0.4 is 5.32 Å². The fourth-order valence-electron chi connectivity index (χ4n) is 2.37. The molecule has 0 aliphatic heterocycles. The molecule has 0 aliphatic carbocycles. The Kier molecular flexibility index (Phi) is 5.40. The molecule has 1 N–H and O–H groups in total. The minimum Gasteiger partial charge on any atom is -0.301 e. The van der Waals surface area contributed by atoms with Crippen molar-refractivity contribution in [2.24, 2.45) is 0 Å². The van der Waals surface area contributed by atoms with E-state index in [1.807, 2.05) is 35.7 Å². The number of para-hydroxylation sites is 1. The number of halogens is 1. The van der Waals surface area contributed by atoms with Gasteiger partial charge in [-0.05, 0) is 46.8 Å². The molecule has 2 aromatic heterocycles. The Balaban J connectivity index is 1.37. The van der Waals surface area contributed by atoms with Crippen molar-refractivity contribution in [3.8, 4) is 16.9 Å². The SMILES string of the molecule is O=C(CSc1nnnn1-c1ccccc1)Nc1nc(-c2ccc(F)cc2)cs1. The second kappa shape index (κ2) is 8.28. The van der Waals surface area contributed by atoms with E-state index in [1.54, 1.807) is 16.8 Å². The van der Waals surface area contributed by atoms with Gasteiger partial charge in [0.2, 0.25) is 11.1 Å². The molecule has 1 amide bonds. The number of hydrogen-bond acceptors (Lipinski definition) is 7. The van der Waals surface area contributed by atoms with Crippen LogP contribution in [0.15, 0.2) is 65.1 Å². The van der Waals surface area contributed by atoms with Crippen LogP contribution in [-0.4, -0.2) is 36.9 Å². The second-order valence-corrected chi connectivity index (χ2v) is 7.39. The van der Waals surface area contributed by atoms with Crippen LogP contribution in [0.2, 0.25) is 0 Å². The van der Waals surface area contributed by atoms with Gasteiger partial charge < -0.3 is 5.32 Å². The Labute approximate surface area is 167 Å². The maximum Gasteiger partial charge on any atom is 0.236 e. The molecule has 28 heavy (non-hydrogen) atoms. The molecule has 10 heteroatoms. The van der Waals surface area contributed by atoms with Crippen LogP contribution in [0.25, 0.3) is 16.9 Å². The predicted molar refractivity (Wildman–Crippen MR) is 106 cm³/mol. The van der Waals surface area contributed by atoms with Crippen molar-refractivity contribution in [1.82, 2.24) is 25.2 Å². The summed E-state index contributed by atoms with van der Waals surface area (Å²) in [4.78, 5) is 16.6. The molecule has 0 spiro atoms. The summed E-state index contributed by atoms with van der Waals surface area (Å²) in [5.41, 5.74) is 2.29. The lowest BCUT2D eigenvalue weighted by atomic mass is 10.2. The average Bonchev–Trinajstić information content (AvgIpc) is 3.37. The number of tetrazole rings is 1. The van der Waals surface area contributed by atoms with Gasteiger partial charge in [-0.1, -0.05) is 30.0 Å². The quantitative estimate of drug-likeness (QED) is 0.487. The lowest BCUT2D eigenvalue weighted by Crippen LogP contribution is -2.14. The number of benzene rings is 2. The van der Waals surface area contributed by atoms with Crippen LogP contribution >= 0.6 is 23.1 Å². The van der Waals surface area contributed by atoms with Crippen molar-refractivity contribution in [3.05, 3.63) is 65.8 Å². The number of nitrogens with one attached hydrogen (secondary N) is 1. The maximum atomic E-state index is 13.0. The van der Waals surface area contributed by atoms with Crippen molar-refractivity contribution >= 4 is 34.1 Å². The fraction of sp³-hybridized carbons (Fsp3) is 0.0556. The highest BCUT2D eigenvalue weighted by atomic mass is 32.2. The zero-order valence-electron chi connectivity index (χ0n) is 14.3. The third-order valence-electron chi connectivity index (χ3n) is 3.66. The molecule has 0 radical (unpaired) electrons. The zero-order chi connectivity index (χ0) is 19.3. The number of carbonyl (C=O) groups is 1. The molecule has 140 valence electrons. The van der Waals surface area contributed by atoms with Gasteiger partial charge in [-0.25, -0.2) is 9.37 Å². The highest BCUT2D eigenvalue weighted by molar-refractivity contribution is 7.99. The number of anilines is 1. The zero-order valence-corrected chi connectivity index (χ0v) is 16.0. The van der Waals surface area contributed by atoms with Crippen LogP contribution in [0.4, 0.5) is 9.52 Å². The van der Waals surface area contributed by atoms with E-state index in [0.29, 0.717) is 16.0 Å². The van der Waals surface area contributed by atoms with Crippen molar-refractivity contribution in [3.63, 3.8) is 0 Å². The first kappa shape index (κ1) is 18.3. The van der Waals surface area contributed by atoms with E-state index in [2.05, 4.69) is 25.8 Å². The second-order valence-electron chi connectivity index (χ2n) is 5.59. The van der Waals surface area contributed by atoms with E-state index in [-0.39, 0.29) is 17.5 Å². The van der Waals surface area contributed by atoms with Gasteiger partial charge in [0.1, 0.15) is 5.82 Å². The Morgan fingerprint density at radius 3 is 2.71 bits per heavy atom. The lowest BCUT2D eigenvalue weighted by Gasteiger charge is -2.04. The van der Waals surface area contributed by atoms with Gasteiger partial charge in [0, 0.05) is 10.9 Å². The summed E-state index contributed by atoms with van der Waals surface area (Å²) in [7, 11) is 0. The Morgan fingerprint density at radius 2 is 1.93 bits per heavy atom. The smallest absolute Gasteiger partial charge is 0.236 e. The van der Waals surface area contributed by atoms with Gasteiger partial charge in [-0.15, -0.1) is 16.4 Å². The minimum atomic E-state index is -0.303. The number of carbonyl (C=O) groups excluding carboxylic acids is 1. The summed E-state index contributed by atoms with van der Waals surface area (Å²) in [6, 6.07) is 15.5. The Hall–Kier alpha value is -3.11. The predicted octanol–water partition coefficient (Wildman–Crippen LogP) is 3.66. The van der Waals surface area contributed by atoms with E-state index in [9.17, 15) is 9.18 Å². The number of rotatable bonds is 6. The first-order chi connectivity index (χ1) is 13.7. The van der Waals surface area contributed by atoms with Crippen molar-refractivity contribution in [1.29, 1.82) is 0 Å². The highest BCUT2D eigenvalue weighted by Gasteiger charge is 2.13. The first-order valence-electron chi connectivity index (χ1n) is 8.17. The number of aromatic nitrogens is 5. The monoisotopic (exact) mass is 412 g/mol. The van der Waals surface area contributed by atoms with E-state index < -0.39 is 0 Å². The summed E-state index contributed by atoms with van der Waals surface area (Å²) in [5.74, 6) is -0.381. The summed E-state index contributed by atoms with van der Waals surface area (Å²) in [5, 5.41) is 17.2.